The third-order valence-electron chi connectivity index (χ3n) is 2.48. The van der Waals surface area contributed by atoms with E-state index < -0.39 is 0 Å². The van der Waals surface area contributed by atoms with E-state index in [2.05, 4.69) is 15.9 Å². The summed E-state index contributed by atoms with van der Waals surface area (Å²) in [6.07, 6.45) is 1.79. The molecule has 5 heteroatoms. The van der Waals surface area contributed by atoms with E-state index in [0.29, 0.717) is 15.9 Å². The van der Waals surface area contributed by atoms with Gasteiger partial charge in [0.2, 0.25) is 5.78 Å². The average molecular weight is 312 g/mol. The van der Waals surface area contributed by atoms with Gasteiger partial charge in [0.05, 0.1) is 10.2 Å². The molecule has 1 aromatic heterocycles. The molecular weight excluding hydrogens is 301 g/mol. The van der Waals surface area contributed by atoms with Gasteiger partial charge in [0, 0.05) is 13.2 Å². The van der Waals surface area contributed by atoms with Crippen LogP contribution in [0.4, 0.5) is 4.39 Å². The highest BCUT2D eigenvalue weighted by molar-refractivity contribution is 9.10. The number of rotatable bonds is 4. The van der Waals surface area contributed by atoms with Crippen LogP contribution < -0.4 is 4.74 Å². The Balaban J connectivity index is 2.04. The summed E-state index contributed by atoms with van der Waals surface area (Å²) in [5.74, 6) is -0.0410. The quantitative estimate of drug-likeness (QED) is 0.812. The van der Waals surface area contributed by atoms with Gasteiger partial charge >= 0.3 is 0 Å². The van der Waals surface area contributed by atoms with Crippen LogP contribution in [0.15, 0.2) is 41.0 Å². The Morgan fingerprint density at radius 3 is 2.83 bits per heavy atom. The molecule has 1 aromatic carbocycles. The fraction of sp³-hybridized carbons (Fsp3) is 0.154. The van der Waals surface area contributed by atoms with Gasteiger partial charge in [-0.05, 0) is 46.3 Å². The van der Waals surface area contributed by atoms with Crippen molar-refractivity contribution in [3.63, 3.8) is 0 Å². The van der Waals surface area contributed by atoms with Crippen LogP contribution in [-0.4, -0.2) is 17.0 Å². The van der Waals surface area contributed by atoms with Crippen LogP contribution in [-0.2, 0) is 7.05 Å². The summed E-state index contributed by atoms with van der Waals surface area (Å²) < 4.78 is 20.4. The van der Waals surface area contributed by atoms with Gasteiger partial charge in [0.25, 0.3) is 0 Å². The normalized spacial score (nSPS) is 10.4. The molecule has 0 unspecified atom stereocenters. The SMILES string of the molecule is Cn1cccc1C(=O)COc1ccc(F)cc1Br. The molecule has 94 valence electrons. The smallest absolute Gasteiger partial charge is 0.216 e. The first-order valence-electron chi connectivity index (χ1n) is 5.30. The van der Waals surface area contributed by atoms with Crippen LogP contribution in [0.5, 0.6) is 5.75 Å². The minimum Gasteiger partial charge on any atom is -0.484 e. The lowest BCUT2D eigenvalue weighted by Gasteiger charge is -2.08. The summed E-state index contributed by atoms with van der Waals surface area (Å²) in [4.78, 5) is 11.8. The number of ether oxygens (including phenoxy) is 1. The standard InChI is InChI=1S/C13H11BrFNO2/c1-16-6-2-3-11(16)12(17)8-18-13-5-4-9(15)7-10(13)14/h2-7H,8H2,1H3. The third kappa shape index (κ3) is 2.79. The first-order valence-corrected chi connectivity index (χ1v) is 6.09. The van der Waals surface area contributed by atoms with Gasteiger partial charge in [-0.25, -0.2) is 4.39 Å². The maximum Gasteiger partial charge on any atom is 0.216 e. The molecule has 0 amide bonds. The van der Waals surface area contributed by atoms with Gasteiger partial charge in [-0.1, -0.05) is 0 Å². The van der Waals surface area contributed by atoms with Crippen molar-refractivity contribution < 1.29 is 13.9 Å². The molecule has 0 radical (unpaired) electrons. The lowest BCUT2D eigenvalue weighted by atomic mass is 10.3. The first-order chi connectivity index (χ1) is 8.58. The van der Waals surface area contributed by atoms with Crippen LogP contribution in [0.1, 0.15) is 10.5 Å². The fourth-order valence-electron chi connectivity index (χ4n) is 1.56. The molecule has 0 N–H and O–H groups in total. The molecule has 0 aliphatic rings. The molecular formula is C13H11BrFNO2. The lowest BCUT2D eigenvalue weighted by molar-refractivity contribution is 0.0913. The topological polar surface area (TPSA) is 31.2 Å². The van der Waals surface area contributed by atoms with E-state index in [1.807, 2.05) is 0 Å². The zero-order valence-electron chi connectivity index (χ0n) is 9.69. The molecule has 2 rings (SSSR count). The number of hydrogen-bond acceptors (Lipinski definition) is 2. The summed E-state index contributed by atoms with van der Waals surface area (Å²) in [5.41, 5.74) is 0.577. The number of hydrogen-bond donors (Lipinski definition) is 0. The van der Waals surface area contributed by atoms with Gasteiger partial charge in [-0.2, -0.15) is 0 Å². The Hall–Kier alpha value is -1.62. The van der Waals surface area contributed by atoms with Gasteiger partial charge in [0.15, 0.2) is 6.61 Å². The fourth-order valence-corrected chi connectivity index (χ4v) is 2.03. The zero-order chi connectivity index (χ0) is 13.1. The Kier molecular flexibility index (Phi) is 3.81. The molecule has 0 atom stereocenters. The zero-order valence-corrected chi connectivity index (χ0v) is 11.3. The summed E-state index contributed by atoms with van der Waals surface area (Å²) >= 11 is 3.18. The second kappa shape index (κ2) is 5.35. The summed E-state index contributed by atoms with van der Waals surface area (Å²) in [6, 6.07) is 7.58. The number of benzene rings is 1. The number of aromatic nitrogens is 1. The lowest BCUT2D eigenvalue weighted by Crippen LogP contribution is -2.14. The highest BCUT2D eigenvalue weighted by atomic mass is 79.9. The van der Waals surface area contributed by atoms with Crippen molar-refractivity contribution in [1.82, 2.24) is 4.57 Å². The average Bonchev–Trinajstić information content (AvgIpc) is 2.74. The number of carbonyl (C=O) groups excluding carboxylic acids is 1. The van der Waals surface area contributed by atoms with Crippen LogP contribution >= 0.6 is 15.9 Å². The van der Waals surface area contributed by atoms with Crippen molar-refractivity contribution in [2.45, 2.75) is 0 Å². The Bertz CT molecular complexity index is 580. The number of aryl methyl sites for hydroxylation is 1. The van der Waals surface area contributed by atoms with Gasteiger partial charge < -0.3 is 9.30 Å². The van der Waals surface area contributed by atoms with Gasteiger partial charge in [-0.15, -0.1) is 0 Å². The van der Waals surface area contributed by atoms with Crippen LogP contribution in [0, 0.1) is 5.82 Å². The van der Waals surface area contributed by atoms with Crippen molar-refractivity contribution in [2.24, 2.45) is 7.05 Å². The Morgan fingerprint density at radius 1 is 1.44 bits per heavy atom. The van der Waals surface area contributed by atoms with E-state index in [4.69, 9.17) is 4.74 Å². The summed E-state index contributed by atoms with van der Waals surface area (Å²) in [6.45, 7) is -0.0813. The van der Waals surface area contributed by atoms with Crippen molar-refractivity contribution in [3.05, 3.63) is 52.5 Å². The molecule has 2 aromatic rings. The molecule has 0 aliphatic carbocycles. The predicted molar refractivity (Wildman–Crippen MR) is 69.3 cm³/mol. The molecule has 1 heterocycles. The molecule has 18 heavy (non-hydrogen) atoms. The van der Waals surface area contributed by atoms with Crippen LogP contribution in [0.2, 0.25) is 0 Å². The van der Waals surface area contributed by atoms with E-state index in [0.717, 1.165) is 0 Å². The Labute approximate surface area is 112 Å². The summed E-state index contributed by atoms with van der Waals surface area (Å²) in [5, 5.41) is 0. The molecule has 0 saturated carbocycles. The number of ketones is 1. The molecule has 0 saturated heterocycles. The second-order valence-electron chi connectivity index (χ2n) is 3.79. The molecule has 3 nitrogen and oxygen atoms in total. The molecule has 0 spiro atoms. The van der Waals surface area contributed by atoms with E-state index >= 15 is 0 Å². The van der Waals surface area contributed by atoms with Gasteiger partial charge in [-0.3, -0.25) is 4.79 Å². The van der Waals surface area contributed by atoms with E-state index in [9.17, 15) is 9.18 Å². The monoisotopic (exact) mass is 311 g/mol. The summed E-state index contributed by atoms with van der Waals surface area (Å²) in [7, 11) is 1.79. The number of Topliss-reactive ketones (excluding diaryl/α,β-unsaturated/α-hetero) is 1. The van der Waals surface area contributed by atoms with Crippen LogP contribution in [0.3, 0.4) is 0 Å². The molecule has 0 fully saturated rings. The predicted octanol–water partition coefficient (Wildman–Crippen LogP) is 3.19. The van der Waals surface area contributed by atoms with E-state index in [1.165, 1.54) is 18.2 Å². The van der Waals surface area contributed by atoms with Crippen molar-refractivity contribution in [1.29, 1.82) is 0 Å². The van der Waals surface area contributed by atoms with E-state index in [-0.39, 0.29) is 18.2 Å². The molecule has 0 bridgehead atoms. The maximum absolute atomic E-state index is 12.9. The van der Waals surface area contributed by atoms with Crippen molar-refractivity contribution in [3.8, 4) is 5.75 Å². The van der Waals surface area contributed by atoms with E-state index in [1.54, 1.807) is 29.9 Å². The molecule has 0 aliphatic heterocycles. The largest absolute Gasteiger partial charge is 0.484 e. The third-order valence-corrected chi connectivity index (χ3v) is 3.10. The van der Waals surface area contributed by atoms with Crippen molar-refractivity contribution >= 4 is 21.7 Å². The number of nitrogens with zero attached hydrogens (tertiary/aromatic N) is 1. The minimum absolute atomic E-state index is 0.0813. The first kappa shape index (κ1) is 12.8. The Morgan fingerprint density at radius 2 is 2.22 bits per heavy atom. The second-order valence-corrected chi connectivity index (χ2v) is 4.65. The number of halogens is 2. The van der Waals surface area contributed by atoms with Crippen molar-refractivity contribution in [2.75, 3.05) is 6.61 Å². The minimum atomic E-state index is -0.358. The van der Waals surface area contributed by atoms with Gasteiger partial charge in [0.1, 0.15) is 11.6 Å². The highest BCUT2D eigenvalue weighted by Gasteiger charge is 2.11. The number of carbonyl (C=O) groups is 1. The highest BCUT2D eigenvalue weighted by Crippen LogP contribution is 2.25. The van der Waals surface area contributed by atoms with Crippen LogP contribution in [0.25, 0.3) is 0 Å². The maximum atomic E-state index is 12.9.